The largest absolute Gasteiger partial charge is 0.439 e. The maximum absolute atomic E-state index is 12.7. The minimum Gasteiger partial charge on any atom is -0.439 e. The number of piperazine rings is 1. The second-order valence-electron chi connectivity index (χ2n) is 7.23. The fourth-order valence-electron chi connectivity index (χ4n) is 3.47. The van der Waals surface area contributed by atoms with Crippen LogP contribution in [-0.4, -0.2) is 41.0 Å². The molecule has 0 unspecified atom stereocenters. The molecular formula is C22H22F3N3O. The Morgan fingerprint density at radius 1 is 0.828 bits per heavy atom. The van der Waals surface area contributed by atoms with Crippen LogP contribution in [0.15, 0.2) is 65.2 Å². The Labute approximate surface area is 167 Å². The number of benzene rings is 2. The van der Waals surface area contributed by atoms with Gasteiger partial charge >= 0.3 is 6.18 Å². The van der Waals surface area contributed by atoms with Crippen LogP contribution in [0.3, 0.4) is 0 Å². The van der Waals surface area contributed by atoms with E-state index < -0.39 is 11.7 Å². The Bertz CT molecular complexity index is 914. The lowest BCUT2D eigenvalue weighted by atomic mass is 10.1. The predicted octanol–water partition coefficient (Wildman–Crippen LogP) is 4.68. The number of aromatic nitrogens is 1. The fraction of sp³-hybridized carbons (Fsp3) is 0.318. The number of hydrogen-bond acceptors (Lipinski definition) is 4. The average molecular weight is 401 g/mol. The zero-order chi connectivity index (χ0) is 20.3. The Kier molecular flexibility index (Phi) is 5.69. The first-order chi connectivity index (χ1) is 14.0. The van der Waals surface area contributed by atoms with Gasteiger partial charge < -0.3 is 4.42 Å². The molecule has 0 aliphatic carbocycles. The van der Waals surface area contributed by atoms with E-state index in [1.54, 1.807) is 18.3 Å². The fourth-order valence-corrected chi connectivity index (χ4v) is 3.47. The second-order valence-corrected chi connectivity index (χ2v) is 7.23. The molecule has 2 aromatic carbocycles. The molecular weight excluding hydrogens is 379 g/mol. The molecule has 0 spiro atoms. The topological polar surface area (TPSA) is 32.5 Å². The molecule has 1 saturated heterocycles. The minimum absolute atomic E-state index is 0.605. The molecule has 0 amide bonds. The summed E-state index contributed by atoms with van der Waals surface area (Å²) in [7, 11) is 0. The van der Waals surface area contributed by atoms with Gasteiger partial charge in [-0.25, -0.2) is 4.98 Å². The Morgan fingerprint density at radius 3 is 2.07 bits per heavy atom. The van der Waals surface area contributed by atoms with Crippen LogP contribution in [0, 0.1) is 0 Å². The van der Waals surface area contributed by atoms with Crippen molar-refractivity contribution in [2.24, 2.45) is 0 Å². The molecule has 0 radical (unpaired) electrons. The number of hydrogen-bond donors (Lipinski definition) is 0. The van der Waals surface area contributed by atoms with Gasteiger partial charge in [0, 0.05) is 38.3 Å². The van der Waals surface area contributed by atoms with E-state index >= 15 is 0 Å². The predicted molar refractivity (Wildman–Crippen MR) is 104 cm³/mol. The average Bonchev–Trinajstić information content (AvgIpc) is 3.18. The molecule has 7 heteroatoms. The van der Waals surface area contributed by atoms with Gasteiger partial charge in [-0.3, -0.25) is 9.80 Å². The smallest absolute Gasteiger partial charge is 0.416 e. The van der Waals surface area contributed by atoms with Crippen LogP contribution in [0.2, 0.25) is 0 Å². The van der Waals surface area contributed by atoms with E-state index in [4.69, 9.17) is 4.42 Å². The van der Waals surface area contributed by atoms with Crippen LogP contribution < -0.4 is 0 Å². The Morgan fingerprint density at radius 2 is 1.45 bits per heavy atom. The van der Waals surface area contributed by atoms with E-state index in [-0.39, 0.29) is 0 Å². The van der Waals surface area contributed by atoms with Crippen LogP contribution >= 0.6 is 0 Å². The van der Waals surface area contributed by atoms with Crippen molar-refractivity contribution in [2.75, 3.05) is 26.2 Å². The standard InChI is InChI=1S/C22H22F3N3O/c23-22(24,25)19-8-6-17(7-9-19)15-27-10-12-28(13-11-27)16-21-26-14-20(29-21)18-4-2-1-3-5-18/h1-9,14H,10-13,15-16H2. The third-order valence-electron chi connectivity index (χ3n) is 5.12. The van der Waals surface area contributed by atoms with Crippen LogP contribution in [0.1, 0.15) is 17.0 Å². The van der Waals surface area contributed by atoms with Gasteiger partial charge in [-0.05, 0) is 17.7 Å². The van der Waals surface area contributed by atoms with Crippen molar-refractivity contribution in [3.8, 4) is 11.3 Å². The highest BCUT2D eigenvalue weighted by Crippen LogP contribution is 2.29. The van der Waals surface area contributed by atoms with Crippen molar-refractivity contribution < 1.29 is 17.6 Å². The summed E-state index contributed by atoms with van der Waals surface area (Å²) in [5, 5.41) is 0. The maximum Gasteiger partial charge on any atom is 0.416 e. The summed E-state index contributed by atoms with van der Waals surface area (Å²) < 4.78 is 43.9. The number of oxazole rings is 1. The van der Waals surface area contributed by atoms with Crippen molar-refractivity contribution in [1.82, 2.24) is 14.8 Å². The van der Waals surface area contributed by atoms with Gasteiger partial charge in [-0.15, -0.1) is 0 Å². The zero-order valence-electron chi connectivity index (χ0n) is 15.9. The zero-order valence-corrected chi connectivity index (χ0v) is 15.9. The molecule has 152 valence electrons. The second kappa shape index (κ2) is 8.39. The Hall–Kier alpha value is -2.64. The van der Waals surface area contributed by atoms with E-state index in [1.807, 2.05) is 30.3 Å². The molecule has 2 heterocycles. The van der Waals surface area contributed by atoms with E-state index in [2.05, 4.69) is 14.8 Å². The van der Waals surface area contributed by atoms with E-state index in [0.29, 0.717) is 19.0 Å². The maximum atomic E-state index is 12.7. The Balaban J connectivity index is 1.27. The van der Waals surface area contributed by atoms with Gasteiger partial charge in [0.15, 0.2) is 5.76 Å². The van der Waals surface area contributed by atoms with Crippen LogP contribution in [0.5, 0.6) is 0 Å². The molecule has 1 aliphatic heterocycles. The third kappa shape index (κ3) is 5.05. The minimum atomic E-state index is -4.29. The first kappa shape index (κ1) is 19.7. The summed E-state index contributed by atoms with van der Waals surface area (Å²) in [5.41, 5.74) is 1.30. The van der Waals surface area contributed by atoms with Crippen molar-refractivity contribution in [2.45, 2.75) is 19.3 Å². The number of alkyl halides is 3. The highest BCUT2D eigenvalue weighted by molar-refractivity contribution is 5.55. The molecule has 0 N–H and O–H groups in total. The lowest BCUT2D eigenvalue weighted by molar-refractivity contribution is -0.137. The first-order valence-corrected chi connectivity index (χ1v) is 9.58. The third-order valence-corrected chi connectivity index (χ3v) is 5.12. The summed E-state index contributed by atoms with van der Waals surface area (Å²) >= 11 is 0. The van der Waals surface area contributed by atoms with Gasteiger partial charge in [-0.2, -0.15) is 13.2 Å². The summed E-state index contributed by atoms with van der Waals surface area (Å²) in [6.07, 6.45) is -2.53. The van der Waals surface area contributed by atoms with Crippen LogP contribution in [0.4, 0.5) is 13.2 Å². The van der Waals surface area contributed by atoms with Gasteiger partial charge in [0.05, 0.1) is 18.3 Å². The van der Waals surface area contributed by atoms with Gasteiger partial charge in [0.1, 0.15) is 0 Å². The molecule has 3 aromatic rings. The summed E-state index contributed by atoms with van der Waals surface area (Å²) in [5.74, 6) is 1.46. The molecule has 0 bridgehead atoms. The number of halogens is 3. The van der Waals surface area contributed by atoms with Crippen molar-refractivity contribution in [3.63, 3.8) is 0 Å². The molecule has 0 atom stereocenters. The molecule has 29 heavy (non-hydrogen) atoms. The summed E-state index contributed by atoms with van der Waals surface area (Å²) in [6.45, 7) is 4.75. The SMILES string of the molecule is FC(F)(F)c1ccc(CN2CCN(Cc3ncc(-c4ccccc4)o3)CC2)cc1. The molecule has 1 aromatic heterocycles. The van der Waals surface area contributed by atoms with Gasteiger partial charge in [0.25, 0.3) is 0 Å². The number of nitrogens with zero attached hydrogens (tertiary/aromatic N) is 3. The molecule has 4 rings (SSSR count). The monoisotopic (exact) mass is 401 g/mol. The first-order valence-electron chi connectivity index (χ1n) is 9.58. The molecule has 1 aliphatic rings. The highest BCUT2D eigenvalue weighted by atomic mass is 19.4. The van der Waals surface area contributed by atoms with Crippen LogP contribution in [0.25, 0.3) is 11.3 Å². The summed E-state index contributed by atoms with van der Waals surface area (Å²) in [4.78, 5) is 8.92. The molecule has 1 fully saturated rings. The number of rotatable bonds is 5. The molecule has 4 nitrogen and oxygen atoms in total. The van der Waals surface area contributed by atoms with Gasteiger partial charge in [0.2, 0.25) is 5.89 Å². The quantitative estimate of drug-likeness (QED) is 0.622. The van der Waals surface area contributed by atoms with Crippen molar-refractivity contribution in [3.05, 3.63) is 77.8 Å². The normalized spacial score (nSPS) is 16.2. The van der Waals surface area contributed by atoms with Crippen molar-refractivity contribution in [1.29, 1.82) is 0 Å². The summed E-state index contributed by atoms with van der Waals surface area (Å²) in [6, 6.07) is 15.3. The highest BCUT2D eigenvalue weighted by Gasteiger charge is 2.30. The van der Waals surface area contributed by atoms with Crippen molar-refractivity contribution >= 4 is 0 Å². The van der Waals surface area contributed by atoms with Gasteiger partial charge in [-0.1, -0.05) is 42.5 Å². The van der Waals surface area contributed by atoms with Crippen LogP contribution in [-0.2, 0) is 19.3 Å². The lowest BCUT2D eigenvalue weighted by Crippen LogP contribution is -2.45. The van der Waals surface area contributed by atoms with E-state index in [9.17, 15) is 13.2 Å². The lowest BCUT2D eigenvalue weighted by Gasteiger charge is -2.34. The van der Waals surface area contributed by atoms with E-state index in [0.717, 1.165) is 55.2 Å². The van der Waals surface area contributed by atoms with E-state index in [1.165, 1.54) is 0 Å². The molecule has 0 saturated carbocycles.